The number of aliphatic hydroxyl groups is 1. The lowest BCUT2D eigenvalue weighted by Crippen LogP contribution is -2.58. The van der Waals surface area contributed by atoms with Crippen LogP contribution >= 0.6 is 39.3 Å². The van der Waals surface area contributed by atoms with Crippen LogP contribution in [0.1, 0.15) is 12.0 Å². The van der Waals surface area contributed by atoms with Gasteiger partial charge >= 0.3 is 5.97 Å². The van der Waals surface area contributed by atoms with Crippen molar-refractivity contribution in [2.24, 2.45) is 11.8 Å². The summed E-state index contributed by atoms with van der Waals surface area (Å²) in [5.41, 5.74) is 1.39. The monoisotopic (exact) mass is 618 g/mol. The molecule has 3 aliphatic heterocycles. The molecule has 38 heavy (non-hydrogen) atoms. The van der Waals surface area contributed by atoms with Crippen LogP contribution in [0.3, 0.4) is 0 Å². The van der Waals surface area contributed by atoms with Crippen LogP contribution in [0.2, 0.25) is 5.02 Å². The first-order valence-electron chi connectivity index (χ1n) is 12.4. The molecule has 2 aromatic rings. The number of aliphatic hydroxyl groups excluding tert-OH is 1. The van der Waals surface area contributed by atoms with Crippen LogP contribution in [0, 0.1) is 11.8 Å². The summed E-state index contributed by atoms with van der Waals surface area (Å²) in [5, 5.41) is 20.8. The van der Waals surface area contributed by atoms with Crippen LogP contribution in [0.5, 0.6) is 0 Å². The minimum atomic E-state index is -1.04. The molecule has 3 saturated heterocycles. The molecule has 0 radical (unpaired) electrons. The lowest BCUT2D eigenvalue weighted by atomic mass is 9.71. The Hall–Kier alpha value is -2.33. The molecule has 0 aromatic heterocycles. The van der Waals surface area contributed by atoms with E-state index in [1.807, 2.05) is 30.3 Å². The number of carbonyl (C=O) groups is 3. The highest BCUT2D eigenvalue weighted by molar-refractivity contribution is 9.09. The van der Waals surface area contributed by atoms with Crippen LogP contribution in [0.15, 0.2) is 67.3 Å². The zero-order chi connectivity index (χ0) is 27.2. The number of hydrogen-bond acceptors (Lipinski definition) is 5. The van der Waals surface area contributed by atoms with Gasteiger partial charge in [0, 0.05) is 16.6 Å². The van der Waals surface area contributed by atoms with Gasteiger partial charge in [-0.05, 0) is 30.5 Å². The first-order chi connectivity index (χ1) is 18.2. The molecule has 10 heteroatoms. The summed E-state index contributed by atoms with van der Waals surface area (Å²) in [6, 6.07) is 14.7. The molecule has 1 spiro atoms. The number of alkyl halides is 1. The van der Waals surface area contributed by atoms with Crippen LogP contribution in [0.4, 0.5) is 5.69 Å². The second-order valence-corrected chi connectivity index (χ2v) is 13.1. The van der Waals surface area contributed by atoms with Crippen LogP contribution in [-0.4, -0.2) is 73.0 Å². The molecular weight excluding hydrogens is 592 g/mol. The first kappa shape index (κ1) is 27.2. The second-order valence-electron chi connectivity index (χ2n) is 9.96. The summed E-state index contributed by atoms with van der Waals surface area (Å²) in [4.78, 5) is 44.1. The molecule has 2 amide bonds. The Kier molecular flexibility index (Phi) is 7.66. The SMILES string of the molecule is C=CCN(C(=O)C1N([C@@H](CO)Cc2ccccc2)C(=O)[C@@H]2[C@@H](C(=O)O)[C@@H]3SC12CC3Br)c1ccccc1Cl. The summed E-state index contributed by atoms with van der Waals surface area (Å²) >= 11 is 11.6. The number of aliphatic carboxylic acids is 1. The fourth-order valence-electron chi connectivity index (χ4n) is 6.41. The molecule has 2 aromatic carbocycles. The van der Waals surface area contributed by atoms with Gasteiger partial charge in [-0.2, -0.15) is 0 Å². The number of nitrogens with zero attached hydrogens (tertiary/aromatic N) is 2. The fourth-order valence-corrected chi connectivity index (χ4v) is 10.2. The number of anilines is 1. The molecule has 7 atom stereocenters. The predicted molar refractivity (Wildman–Crippen MR) is 152 cm³/mol. The Morgan fingerprint density at radius 1 is 1.24 bits per heavy atom. The number of halogens is 2. The van der Waals surface area contributed by atoms with Gasteiger partial charge in [-0.25, -0.2) is 0 Å². The van der Waals surface area contributed by atoms with Gasteiger partial charge < -0.3 is 20.0 Å². The molecule has 3 fully saturated rings. The number of carboxylic acids is 1. The van der Waals surface area contributed by atoms with Gasteiger partial charge in [-0.1, -0.05) is 76.1 Å². The van der Waals surface area contributed by atoms with Crippen LogP contribution in [-0.2, 0) is 20.8 Å². The van der Waals surface area contributed by atoms with Crippen molar-refractivity contribution in [3.05, 3.63) is 77.8 Å². The Morgan fingerprint density at radius 3 is 2.55 bits per heavy atom. The zero-order valence-electron chi connectivity index (χ0n) is 20.5. The first-order valence-corrected chi connectivity index (χ1v) is 14.6. The van der Waals surface area contributed by atoms with E-state index in [0.717, 1.165) is 5.56 Å². The molecule has 0 saturated carbocycles. The number of carboxylic acid groups (broad SMARTS) is 1. The molecule has 3 heterocycles. The maximum absolute atomic E-state index is 14.6. The molecular formula is C28H28BrClN2O5S. The van der Waals surface area contributed by atoms with E-state index in [1.165, 1.54) is 21.6 Å². The van der Waals surface area contributed by atoms with Crippen molar-refractivity contribution in [1.82, 2.24) is 4.90 Å². The van der Waals surface area contributed by atoms with Gasteiger partial charge in [-0.3, -0.25) is 14.4 Å². The number of para-hydroxylation sites is 1. The number of rotatable bonds is 9. The van der Waals surface area contributed by atoms with Crippen molar-refractivity contribution in [3.8, 4) is 0 Å². The molecule has 3 aliphatic rings. The summed E-state index contributed by atoms with van der Waals surface area (Å²) in [7, 11) is 0. The van der Waals surface area contributed by atoms with Crippen molar-refractivity contribution < 1.29 is 24.6 Å². The number of likely N-dealkylation sites (tertiary alicyclic amines) is 1. The highest BCUT2D eigenvalue weighted by Gasteiger charge is 2.76. The largest absolute Gasteiger partial charge is 0.481 e. The highest BCUT2D eigenvalue weighted by atomic mass is 79.9. The normalized spacial score (nSPS) is 30.2. The third-order valence-corrected chi connectivity index (χ3v) is 11.4. The number of hydrogen-bond donors (Lipinski definition) is 2. The smallest absolute Gasteiger partial charge is 0.308 e. The van der Waals surface area contributed by atoms with Gasteiger partial charge in [0.15, 0.2) is 0 Å². The van der Waals surface area contributed by atoms with Gasteiger partial charge in [-0.15, -0.1) is 18.3 Å². The Morgan fingerprint density at radius 2 is 1.92 bits per heavy atom. The Bertz CT molecular complexity index is 1260. The van der Waals surface area contributed by atoms with Gasteiger partial charge in [0.25, 0.3) is 5.91 Å². The number of carbonyl (C=O) groups excluding carboxylic acids is 2. The van der Waals surface area contributed by atoms with Gasteiger partial charge in [0.1, 0.15) is 6.04 Å². The molecule has 0 aliphatic carbocycles. The summed E-state index contributed by atoms with van der Waals surface area (Å²) < 4.78 is -0.957. The molecule has 7 nitrogen and oxygen atoms in total. The second kappa shape index (κ2) is 10.7. The summed E-state index contributed by atoms with van der Waals surface area (Å²) in [5.74, 6) is -3.61. The third-order valence-electron chi connectivity index (χ3n) is 7.89. The van der Waals surface area contributed by atoms with Gasteiger partial charge in [0.05, 0.1) is 39.9 Å². The summed E-state index contributed by atoms with van der Waals surface area (Å²) in [6.07, 6.45) is 2.38. The molecule has 3 unspecified atom stereocenters. The minimum absolute atomic E-state index is 0.151. The number of benzene rings is 2. The quantitative estimate of drug-likeness (QED) is 0.325. The van der Waals surface area contributed by atoms with Crippen LogP contribution in [0.25, 0.3) is 0 Å². The molecule has 2 N–H and O–H groups in total. The van der Waals surface area contributed by atoms with E-state index in [1.54, 1.807) is 30.3 Å². The van der Waals surface area contributed by atoms with E-state index in [9.17, 15) is 24.6 Å². The minimum Gasteiger partial charge on any atom is -0.481 e. The Labute approximate surface area is 239 Å². The number of thioether (sulfide) groups is 1. The van der Waals surface area contributed by atoms with E-state index < -0.39 is 40.5 Å². The van der Waals surface area contributed by atoms with Crippen molar-refractivity contribution in [1.29, 1.82) is 0 Å². The standard InChI is InChI=1S/C28H28BrClN2O5S/c1-2-12-31(20-11-7-6-10-19(20)30)26(35)24-28-14-18(29)23(38-28)21(27(36)37)22(28)25(34)32(24)17(15-33)13-16-8-4-3-5-9-16/h2-11,17-18,21-24,33H,1,12-15H2,(H,36,37)/t17-,18?,21-,22+,23-,24?,28?/m1/s1. The van der Waals surface area contributed by atoms with E-state index in [2.05, 4.69) is 22.5 Å². The topological polar surface area (TPSA) is 98.2 Å². The maximum Gasteiger partial charge on any atom is 0.308 e. The van der Waals surface area contributed by atoms with Gasteiger partial charge in [0.2, 0.25) is 5.91 Å². The lowest BCUT2D eigenvalue weighted by Gasteiger charge is -2.40. The van der Waals surface area contributed by atoms with E-state index in [4.69, 9.17) is 11.6 Å². The van der Waals surface area contributed by atoms with Crippen molar-refractivity contribution >= 4 is 62.8 Å². The Balaban J connectivity index is 1.64. The van der Waals surface area contributed by atoms with Crippen molar-refractivity contribution in [3.63, 3.8) is 0 Å². The van der Waals surface area contributed by atoms with E-state index >= 15 is 0 Å². The lowest BCUT2D eigenvalue weighted by molar-refractivity contribution is -0.149. The van der Waals surface area contributed by atoms with E-state index in [0.29, 0.717) is 23.6 Å². The van der Waals surface area contributed by atoms with Crippen molar-refractivity contribution in [2.75, 3.05) is 18.1 Å². The van der Waals surface area contributed by atoms with E-state index in [-0.39, 0.29) is 29.1 Å². The average molecular weight is 620 g/mol. The summed E-state index contributed by atoms with van der Waals surface area (Å²) in [6.45, 7) is 3.60. The molecule has 5 rings (SSSR count). The van der Waals surface area contributed by atoms with Crippen LogP contribution < -0.4 is 4.90 Å². The molecule has 2 bridgehead atoms. The number of fused-ring (bicyclic) bond motifs is 1. The number of amides is 2. The third kappa shape index (κ3) is 4.28. The predicted octanol–water partition coefficient (Wildman–Crippen LogP) is 4.01. The average Bonchev–Trinajstić information content (AvgIpc) is 3.50. The molecule has 200 valence electrons. The fraction of sp³-hybridized carbons (Fsp3) is 0.393. The maximum atomic E-state index is 14.6. The van der Waals surface area contributed by atoms with Crippen molar-refractivity contribution in [2.45, 2.75) is 39.7 Å². The zero-order valence-corrected chi connectivity index (χ0v) is 23.6. The highest BCUT2D eigenvalue weighted by Crippen LogP contribution is 2.68.